The highest BCUT2D eigenvalue weighted by molar-refractivity contribution is 5.04. The summed E-state index contributed by atoms with van der Waals surface area (Å²) in [7, 11) is 0. The fraction of sp³-hybridized carbons (Fsp3) is 0.818. The highest BCUT2D eigenvalue weighted by Crippen LogP contribution is 2.24. The van der Waals surface area contributed by atoms with Crippen molar-refractivity contribution in [3.8, 4) is 0 Å². The van der Waals surface area contributed by atoms with Crippen LogP contribution < -0.4 is 5.32 Å². The first-order chi connectivity index (χ1) is 7.86. The summed E-state index contributed by atoms with van der Waals surface area (Å²) >= 11 is 0. The first-order valence-electron chi connectivity index (χ1n) is 6.05. The first-order valence-corrected chi connectivity index (χ1v) is 6.05. The molecule has 0 radical (unpaired) electrons. The number of likely N-dealkylation sites (N-methyl/N-ethyl adjacent to an activating group) is 1. The van der Waals surface area contributed by atoms with Gasteiger partial charge >= 0.3 is 0 Å². The summed E-state index contributed by atoms with van der Waals surface area (Å²) in [5, 5.41) is 11.7. The summed E-state index contributed by atoms with van der Waals surface area (Å²) in [6.45, 7) is 7.75. The monoisotopic (exact) mass is 224 g/mol. The Morgan fingerprint density at radius 2 is 2.38 bits per heavy atom. The molecule has 5 nitrogen and oxygen atoms in total. The van der Waals surface area contributed by atoms with Crippen LogP contribution in [0.2, 0.25) is 0 Å². The number of nitrogens with zero attached hydrogens (tertiary/aromatic N) is 3. The molecule has 1 aliphatic heterocycles. The zero-order valence-electron chi connectivity index (χ0n) is 10.0. The van der Waals surface area contributed by atoms with Crippen LogP contribution in [0.5, 0.6) is 0 Å². The van der Waals surface area contributed by atoms with Crippen molar-refractivity contribution in [2.45, 2.75) is 38.8 Å². The van der Waals surface area contributed by atoms with Crippen LogP contribution in [-0.2, 0) is 11.3 Å². The van der Waals surface area contributed by atoms with Crippen LogP contribution in [0.3, 0.4) is 0 Å². The number of hydrogen-bond acceptors (Lipinski definition) is 4. The Kier molecular flexibility index (Phi) is 3.90. The van der Waals surface area contributed by atoms with Gasteiger partial charge in [0.15, 0.2) is 0 Å². The van der Waals surface area contributed by atoms with Gasteiger partial charge in [-0.2, -0.15) is 0 Å². The molecule has 1 aromatic heterocycles. The standard InChI is InChI=1S/C11H20N4O/c1-3-5-15-8-13-14-11(15)9-6-16-7-10(9)12-4-2/h8-10,12H,3-7H2,1-2H3. The quantitative estimate of drug-likeness (QED) is 0.803. The van der Waals surface area contributed by atoms with Crippen LogP contribution in [-0.4, -0.2) is 40.6 Å². The van der Waals surface area contributed by atoms with E-state index in [1.54, 1.807) is 0 Å². The zero-order chi connectivity index (χ0) is 11.4. The van der Waals surface area contributed by atoms with Crippen LogP contribution in [0.1, 0.15) is 32.0 Å². The van der Waals surface area contributed by atoms with E-state index in [1.165, 1.54) is 0 Å². The second-order valence-electron chi connectivity index (χ2n) is 4.19. The third-order valence-corrected chi connectivity index (χ3v) is 2.99. The molecule has 2 rings (SSSR count). The molecule has 2 unspecified atom stereocenters. The van der Waals surface area contributed by atoms with Gasteiger partial charge in [0.05, 0.1) is 19.1 Å². The molecule has 1 saturated heterocycles. The highest BCUT2D eigenvalue weighted by Gasteiger charge is 2.32. The molecule has 0 aliphatic carbocycles. The predicted molar refractivity (Wildman–Crippen MR) is 61.3 cm³/mol. The first kappa shape index (κ1) is 11.5. The number of aromatic nitrogens is 3. The molecule has 2 atom stereocenters. The van der Waals surface area contributed by atoms with E-state index >= 15 is 0 Å². The maximum Gasteiger partial charge on any atom is 0.139 e. The average Bonchev–Trinajstić information content (AvgIpc) is 2.87. The van der Waals surface area contributed by atoms with E-state index in [4.69, 9.17) is 4.74 Å². The number of aryl methyl sites for hydroxylation is 1. The summed E-state index contributed by atoms with van der Waals surface area (Å²) < 4.78 is 7.68. The van der Waals surface area contributed by atoms with Gasteiger partial charge in [-0.15, -0.1) is 10.2 Å². The molecule has 0 amide bonds. The Balaban J connectivity index is 2.12. The van der Waals surface area contributed by atoms with Gasteiger partial charge in [0.25, 0.3) is 0 Å². The topological polar surface area (TPSA) is 52.0 Å². The molecule has 0 spiro atoms. The van der Waals surface area contributed by atoms with Gasteiger partial charge in [0.2, 0.25) is 0 Å². The Morgan fingerprint density at radius 3 is 3.12 bits per heavy atom. The van der Waals surface area contributed by atoms with Gasteiger partial charge in [-0.1, -0.05) is 13.8 Å². The molecule has 5 heteroatoms. The van der Waals surface area contributed by atoms with Crippen molar-refractivity contribution < 1.29 is 4.74 Å². The number of nitrogens with one attached hydrogen (secondary N) is 1. The number of hydrogen-bond donors (Lipinski definition) is 1. The average molecular weight is 224 g/mol. The molecule has 2 heterocycles. The Morgan fingerprint density at radius 1 is 1.50 bits per heavy atom. The van der Waals surface area contributed by atoms with Gasteiger partial charge < -0.3 is 14.6 Å². The van der Waals surface area contributed by atoms with Crippen molar-refractivity contribution in [3.05, 3.63) is 12.2 Å². The minimum absolute atomic E-state index is 0.342. The van der Waals surface area contributed by atoms with Gasteiger partial charge in [0, 0.05) is 12.6 Å². The molecule has 0 saturated carbocycles. The lowest BCUT2D eigenvalue weighted by Crippen LogP contribution is -2.35. The third kappa shape index (κ3) is 2.25. The second kappa shape index (κ2) is 5.41. The van der Waals surface area contributed by atoms with E-state index < -0.39 is 0 Å². The fourth-order valence-electron chi connectivity index (χ4n) is 2.24. The van der Waals surface area contributed by atoms with Crippen LogP contribution in [0.4, 0.5) is 0 Å². The maximum absolute atomic E-state index is 5.54. The molecule has 0 bridgehead atoms. The van der Waals surface area contributed by atoms with E-state index in [2.05, 4.69) is 33.9 Å². The predicted octanol–water partition coefficient (Wildman–Crippen LogP) is 0.780. The molecular formula is C11H20N4O. The summed E-state index contributed by atoms with van der Waals surface area (Å²) in [6, 6.07) is 0.379. The van der Waals surface area contributed by atoms with Crippen molar-refractivity contribution >= 4 is 0 Å². The van der Waals surface area contributed by atoms with Gasteiger partial charge in [0.1, 0.15) is 12.2 Å². The Labute approximate surface area is 96.2 Å². The summed E-state index contributed by atoms with van der Waals surface area (Å²) in [5.74, 6) is 1.40. The largest absolute Gasteiger partial charge is 0.379 e. The summed E-state index contributed by atoms with van der Waals surface area (Å²) in [4.78, 5) is 0. The number of rotatable bonds is 5. The third-order valence-electron chi connectivity index (χ3n) is 2.99. The van der Waals surface area contributed by atoms with Crippen LogP contribution in [0.25, 0.3) is 0 Å². The smallest absolute Gasteiger partial charge is 0.139 e. The molecule has 16 heavy (non-hydrogen) atoms. The lowest BCUT2D eigenvalue weighted by atomic mass is 10.0. The van der Waals surface area contributed by atoms with Crippen molar-refractivity contribution in [1.29, 1.82) is 0 Å². The highest BCUT2D eigenvalue weighted by atomic mass is 16.5. The van der Waals surface area contributed by atoms with E-state index in [0.29, 0.717) is 12.0 Å². The van der Waals surface area contributed by atoms with Crippen molar-refractivity contribution in [2.24, 2.45) is 0 Å². The van der Waals surface area contributed by atoms with Gasteiger partial charge in [-0.25, -0.2) is 0 Å². The fourth-order valence-corrected chi connectivity index (χ4v) is 2.24. The molecule has 1 N–H and O–H groups in total. The molecule has 90 valence electrons. The minimum atomic E-state index is 0.342. The molecule has 1 aromatic rings. The molecule has 0 aromatic carbocycles. The second-order valence-corrected chi connectivity index (χ2v) is 4.19. The zero-order valence-corrected chi connectivity index (χ0v) is 10.0. The SMILES string of the molecule is CCCn1cnnc1C1COCC1NCC. The molecule has 1 fully saturated rings. The normalized spacial score (nSPS) is 25.1. The van der Waals surface area contributed by atoms with Gasteiger partial charge in [-0.3, -0.25) is 0 Å². The number of ether oxygens (including phenoxy) is 1. The Bertz CT molecular complexity index is 326. The Hall–Kier alpha value is -0.940. The lowest BCUT2D eigenvalue weighted by Gasteiger charge is -2.18. The summed E-state index contributed by atoms with van der Waals surface area (Å²) in [6.07, 6.45) is 2.92. The van der Waals surface area contributed by atoms with E-state index in [1.807, 2.05) is 6.33 Å². The van der Waals surface area contributed by atoms with Crippen LogP contribution in [0.15, 0.2) is 6.33 Å². The van der Waals surface area contributed by atoms with E-state index in [0.717, 1.165) is 38.5 Å². The van der Waals surface area contributed by atoms with Crippen LogP contribution in [0, 0.1) is 0 Å². The van der Waals surface area contributed by atoms with Crippen molar-refractivity contribution in [3.63, 3.8) is 0 Å². The van der Waals surface area contributed by atoms with Gasteiger partial charge in [-0.05, 0) is 13.0 Å². The van der Waals surface area contributed by atoms with Crippen molar-refractivity contribution in [2.75, 3.05) is 19.8 Å². The van der Waals surface area contributed by atoms with Crippen molar-refractivity contribution in [1.82, 2.24) is 20.1 Å². The summed E-state index contributed by atoms with van der Waals surface area (Å²) in [5.41, 5.74) is 0. The van der Waals surface area contributed by atoms with E-state index in [-0.39, 0.29) is 0 Å². The van der Waals surface area contributed by atoms with Crippen LogP contribution >= 0.6 is 0 Å². The van der Waals surface area contributed by atoms with E-state index in [9.17, 15) is 0 Å². The molecule has 1 aliphatic rings. The molecular weight excluding hydrogens is 204 g/mol. The maximum atomic E-state index is 5.54. The minimum Gasteiger partial charge on any atom is -0.379 e. The lowest BCUT2D eigenvalue weighted by molar-refractivity contribution is 0.187.